The highest BCUT2D eigenvalue weighted by atomic mass is 16.6. The van der Waals surface area contributed by atoms with Crippen LogP contribution in [-0.4, -0.2) is 23.4 Å². The number of likely N-dealkylation sites (N-methyl/N-ethyl adjacent to an activating group) is 1. The van der Waals surface area contributed by atoms with Crippen molar-refractivity contribution in [2.75, 3.05) is 13.6 Å². The van der Waals surface area contributed by atoms with Crippen LogP contribution in [0.2, 0.25) is 0 Å². The largest absolute Gasteiger partial charge is 0.464 e. The second kappa shape index (κ2) is 10.1. The Hall–Kier alpha value is -3.18. The molecule has 0 unspecified atom stereocenters. The van der Waals surface area contributed by atoms with Crippen molar-refractivity contribution in [2.24, 2.45) is 0 Å². The number of para-hydroxylation sites is 1. The van der Waals surface area contributed by atoms with Gasteiger partial charge < -0.3 is 4.42 Å². The van der Waals surface area contributed by atoms with Gasteiger partial charge in [-0.1, -0.05) is 48.6 Å². The Kier molecular flexibility index (Phi) is 7.52. The highest BCUT2D eigenvalue weighted by Crippen LogP contribution is 2.21. The Morgan fingerprint density at radius 2 is 1.96 bits per heavy atom. The molecular formula is C22H24N2O3. The molecule has 0 N–H and O–H groups in total. The third-order valence-electron chi connectivity index (χ3n) is 3.81. The van der Waals surface area contributed by atoms with Crippen LogP contribution >= 0.6 is 0 Å². The van der Waals surface area contributed by atoms with E-state index in [1.807, 2.05) is 50.4 Å². The summed E-state index contributed by atoms with van der Waals surface area (Å²) in [6, 6.07) is 14.6. The van der Waals surface area contributed by atoms with E-state index in [4.69, 9.17) is 4.42 Å². The molecule has 0 aliphatic rings. The van der Waals surface area contributed by atoms with E-state index in [1.54, 1.807) is 24.5 Å². The molecule has 5 heteroatoms. The standard InChI is InChI=1S/C19H18N2O3.C3H6/c1-20(13-16-14-24-19-10-3-2-9-18(16)19)11-5-7-15-6-4-8-17(12-15)21(22)23;1-3-2/h2-10,12,14H,11,13H2,1H3;3H,1H2,2H3/b7-5+;. The van der Waals surface area contributed by atoms with Gasteiger partial charge in [0.15, 0.2) is 0 Å². The molecule has 0 amide bonds. The number of nitro groups is 1. The monoisotopic (exact) mass is 364 g/mol. The van der Waals surface area contributed by atoms with E-state index in [-0.39, 0.29) is 10.6 Å². The molecule has 2 aromatic carbocycles. The maximum absolute atomic E-state index is 10.8. The molecule has 1 aromatic heterocycles. The molecule has 0 aliphatic carbocycles. The lowest BCUT2D eigenvalue weighted by Crippen LogP contribution is -2.17. The summed E-state index contributed by atoms with van der Waals surface area (Å²) < 4.78 is 5.55. The second-order valence-electron chi connectivity index (χ2n) is 6.12. The van der Waals surface area contributed by atoms with E-state index in [1.165, 1.54) is 6.07 Å². The van der Waals surface area contributed by atoms with Gasteiger partial charge in [-0.05, 0) is 25.6 Å². The van der Waals surface area contributed by atoms with E-state index in [0.29, 0.717) is 0 Å². The first-order chi connectivity index (χ1) is 13.0. The lowest BCUT2D eigenvalue weighted by Gasteiger charge is -2.13. The number of rotatable bonds is 6. The van der Waals surface area contributed by atoms with Crippen LogP contribution in [0, 0.1) is 10.1 Å². The minimum Gasteiger partial charge on any atom is -0.464 e. The first kappa shape index (κ1) is 20.1. The van der Waals surface area contributed by atoms with E-state index in [0.717, 1.165) is 35.2 Å². The lowest BCUT2D eigenvalue weighted by atomic mass is 10.1. The zero-order chi connectivity index (χ0) is 19.6. The quantitative estimate of drug-likeness (QED) is 0.321. The van der Waals surface area contributed by atoms with Crippen molar-refractivity contribution < 1.29 is 9.34 Å². The lowest BCUT2D eigenvalue weighted by molar-refractivity contribution is -0.384. The van der Waals surface area contributed by atoms with Gasteiger partial charge >= 0.3 is 0 Å². The first-order valence-corrected chi connectivity index (χ1v) is 8.67. The summed E-state index contributed by atoms with van der Waals surface area (Å²) in [7, 11) is 2.03. The zero-order valence-electron chi connectivity index (χ0n) is 15.7. The van der Waals surface area contributed by atoms with Crippen LogP contribution in [-0.2, 0) is 6.54 Å². The van der Waals surface area contributed by atoms with Gasteiger partial charge in [-0.25, -0.2) is 0 Å². The minimum absolute atomic E-state index is 0.107. The van der Waals surface area contributed by atoms with Gasteiger partial charge in [0.1, 0.15) is 5.58 Å². The maximum atomic E-state index is 10.8. The van der Waals surface area contributed by atoms with E-state index in [2.05, 4.69) is 17.5 Å². The van der Waals surface area contributed by atoms with Crippen LogP contribution in [0.4, 0.5) is 5.69 Å². The molecule has 0 aliphatic heterocycles. The number of furan rings is 1. The average molecular weight is 364 g/mol. The van der Waals surface area contributed by atoms with E-state index in [9.17, 15) is 10.1 Å². The predicted octanol–water partition coefficient (Wildman–Crippen LogP) is 5.68. The number of hydrogen-bond acceptors (Lipinski definition) is 4. The fourth-order valence-corrected chi connectivity index (χ4v) is 2.62. The molecule has 0 atom stereocenters. The Balaban J connectivity index is 0.000000817. The minimum atomic E-state index is -0.381. The molecule has 140 valence electrons. The third kappa shape index (κ3) is 5.94. The molecule has 0 spiro atoms. The summed E-state index contributed by atoms with van der Waals surface area (Å²) in [4.78, 5) is 12.6. The van der Waals surface area contributed by atoms with Gasteiger partial charge in [0.2, 0.25) is 0 Å². The summed E-state index contributed by atoms with van der Waals surface area (Å²) in [5, 5.41) is 11.9. The Morgan fingerprint density at radius 1 is 1.22 bits per heavy atom. The molecule has 1 heterocycles. The summed E-state index contributed by atoms with van der Waals surface area (Å²) >= 11 is 0. The van der Waals surface area contributed by atoms with Crippen molar-refractivity contribution >= 4 is 22.7 Å². The molecule has 0 fully saturated rings. The molecule has 0 radical (unpaired) electrons. The first-order valence-electron chi connectivity index (χ1n) is 8.67. The molecule has 0 saturated carbocycles. The summed E-state index contributed by atoms with van der Waals surface area (Å²) in [6.45, 7) is 6.76. The topological polar surface area (TPSA) is 59.5 Å². The van der Waals surface area contributed by atoms with Crippen LogP contribution in [0.3, 0.4) is 0 Å². The molecule has 27 heavy (non-hydrogen) atoms. The van der Waals surface area contributed by atoms with Gasteiger partial charge in [-0.3, -0.25) is 15.0 Å². The van der Waals surface area contributed by atoms with Crippen LogP contribution < -0.4 is 0 Å². The van der Waals surface area contributed by atoms with Crippen LogP contribution in [0.1, 0.15) is 18.1 Å². The molecular weight excluding hydrogens is 340 g/mol. The Bertz CT molecular complexity index is 928. The van der Waals surface area contributed by atoms with Gasteiger partial charge in [0.05, 0.1) is 11.2 Å². The zero-order valence-corrected chi connectivity index (χ0v) is 15.7. The van der Waals surface area contributed by atoms with Crippen molar-refractivity contribution in [2.45, 2.75) is 13.5 Å². The number of allylic oxidation sites excluding steroid dienone is 1. The summed E-state index contributed by atoms with van der Waals surface area (Å²) in [5.41, 5.74) is 2.98. The van der Waals surface area contributed by atoms with Crippen molar-refractivity contribution in [1.29, 1.82) is 0 Å². The van der Waals surface area contributed by atoms with Crippen molar-refractivity contribution in [3.63, 3.8) is 0 Å². The van der Waals surface area contributed by atoms with Crippen molar-refractivity contribution in [1.82, 2.24) is 4.90 Å². The fourth-order valence-electron chi connectivity index (χ4n) is 2.62. The maximum Gasteiger partial charge on any atom is 0.270 e. The van der Waals surface area contributed by atoms with Crippen LogP contribution in [0.5, 0.6) is 0 Å². The highest BCUT2D eigenvalue weighted by molar-refractivity contribution is 5.80. The smallest absolute Gasteiger partial charge is 0.270 e. The van der Waals surface area contributed by atoms with Gasteiger partial charge in [-0.2, -0.15) is 0 Å². The second-order valence-corrected chi connectivity index (χ2v) is 6.12. The highest BCUT2D eigenvalue weighted by Gasteiger charge is 2.07. The number of nitro benzene ring substituents is 1. The normalized spacial score (nSPS) is 10.8. The van der Waals surface area contributed by atoms with E-state index < -0.39 is 0 Å². The molecule has 3 aromatic rings. The summed E-state index contributed by atoms with van der Waals surface area (Å²) in [6.07, 6.45) is 7.45. The summed E-state index contributed by atoms with van der Waals surface area (Å²) in [5.74, 6) is 0. The fraction of sp³-hybridized carbons (Fsp3) is 0.182. The molecule has 0 bridgehead atoms. The Labute approximate surface area is 159 Å². The third-order valence-corrected chi connectivity index (χ3v) is 3.81. The number of fused-ring (bicyclic) bond motifs is 1. The molecule has 0 saturated heterocycles. The SMILES string of the molecule is C=CC.CN(C/C=C/c1cccc([N+](=O)[O-])c1)Cc1coc2ccccc12. The average Bonchev–Trinajstić information content (AvgIpc) is 3.06. The van der Waals surface area contributed by atoms with Crippen molar-refractivity contribution in [3.05, 3.63) is 94.8 Å². The number of nitrogens with zero attached hydrogens (tertiary/aromatic N) is 2. The van der Waals surface area contributed by atoms with Gasteiger partial charge in [0.25, 0.3) is 5.69 Å². The molecule has 3 rings (SSSR count). The van der Waals surface area contributed by atoms with Crippen LogP contribution in [0.25, 0.3) is 17.0 Å². The molecule has 5 nitrogen and oxygen atoms in total. The van der Waals surface area contributed by atoms with Gasteiger partial charge in [0, 0.05) is 36.2 Å². The predicted molar refractivity (Wildman–Crippen MR) is 111 cm³/mol. The number of hydrogen-bond donors (Lipinski definition) is 0. The number of non-ortho nitro benzene ring substituents is 1. The number of benzene rings is 2. The van der Waals surface area contributed by atoms with Crippen LogP contribution in [0.15, 0.2) is 77.9 Å². The van der Waals surface area contributed by atoms with Gasteiger partial charge in [-0.15, -0.1) is 6.58 Å². The van der Waals surface area contributed by atoms with Crippen molar-refractivity contribution in [3.8, 4) is 0 Å². The Morgan fingerprint density at radius 3 is 2.70 bits per heavy atom. The van der Waals surface area contributed by atoms with E-state index >= 15 is 0 Å².